The maximum absolute atomic E-state index is 12.6. The van der Waals surface area contributed by atoms with Gasteiger partial charge in [-0.3, -0.25) is 9.89 Å². The monoisotopic (exact) mass is 417 g/mol. The summed E-state index contributed by atoms with van der Waals surface area (Å²) in [6.45, 7) is 6.38. The van der Waals surface area contributed by atoms with Crippen molar-refractivity contribution in [1.82, 2.24) is 15.1 Å². The Morgan fingerprint density at radius 3 is 2.68 bits per heavy atom. The highest BCUT2D eigenvalue weighted by atomic mass is 16.5. The number of ether oxygens (including phenoxy) is 1. The first kappa shape index (κ1) is 21.2. The zero-order valence-corrected chi connectivity index (χ0v) is 18.4. The third kappa shape index (κ3) is 5.54. The van der Waals surface area contributed by atoms with Crippen molar-refractivity contribution < 1.29 is 9.53 Å². The first-order chi connectivity index (χ1) is 15.1. The minimum atomic E-state index is 0.232. The van der Waals surface area contributed by atoms with E-state index in [1.54, 1.807) is 0 Å². The standard InChI is InChI=1S/C26H31N3O2/c1-19(2)21-9-11-24(12-10-21)31-18-23-16-25(28-27-23)22-14-15-29(17-22)26(30)13-8-20-6-4-3-5-7-20/h3-7,9-12,16,19,22H,8,13-15,17-18H2,1-2H3,(H,27,28)/t22-/m1/s1. The molecule has 1 aromatic heterocycles. The number of aryl methyl sites for hydroxylation is 1. The Labute approximate surface area is 184 Å². The number of hydrogen-bond acceptors (Lipinski definition) is 3. The quantitative estimate of drug-likeness (QED) is 0.557. The van der Waals surface area contributed by atoms with Crippen LogP contribution in [0.1, 0.15) is 61.0 Å². The van der Waals surface area contributed by atoms with Gasteiger partial charge in [-0.1, -0.05) is 56.3 Å². The molecule has 5 heteroatoms. The van der Waals surface area contributed by atoms with Gasteiger partial charge in [-0.15, -0.1) is 0 Å². The van der Waals surface area contributed by atoms with E-state index in [2.05, 4.69) is 54.4 Å². The molecule has 2 aromatic carbocycles. The Morgan fingerprint density at radius 1 is 1.16 bits per heavy atom. The van der Waals surface area contributed by atoms with Gasteiger partial charge in [0.25, 0.3) is 0 Å². The molecule has 2 heterocycles. The molecule has 0 bridgehead atoms. The summed E-state index contributed by atoms with van der Waals surface area (Å²) in [5.74, 6) is 1.89. The number of rotatable bonds is 8. The van der Waals surface area contributed by atoms with Crippen molar-refractivity contribution in [3.8, 4) is 5.75 Å². The van der Waals surface area contributed by atoms with Crippen molar-refractivity contribution in [2.45, 2.75) is 51.6 Å². The molecule has 31 heavy (non-hydrogen) atoms. The van der Waals surface area contributed by atoms with Crippen LogP contribution in [0.4, 0.5) is 0 Å². The fraction of sp³-hybridized carbons (Fsp3) is 0.385. The van der Waals surface area contributed by atoms with Crippen LogP contribution in [0, 0.1) is 0 Å². The second kappa shape index (κ2) is 9.82. The van der Waals surface area contributed by atoms with E-state index in [0.29, 0.717) is 18.9 Å². The van der Waals surface area contributed by atoms with Crippen LogP contribution in [0.2, 0.25) is 0 Å². The van der Waals surface area contributed by atoms with Gasteiger partial charge < -0.3 is 9.64 Å². The van der Waals surface area contributed by atoms with Gasteiger partial charge in [0.1, 0.15) is 12.4 Å². The molecule has 4 rings (SSSR count). The average molecular weight is 418 g/mol. The molecule has 0 radical (unpaired) electrons. The van der Waals surface area contributed by atoms with Crippen LogP contribution in [0.5, 0.6) is 5.75 Å². The van der Waals surface area contributed by atoms with Crippen molar-refractivity contribution in [3.05, 3.63) is 83.2 Å². The summed E-state index contributed by atoms with van der Waals surface area (Å²) < 4.78 is 5.90. The molecule has 1 fully saturated rings. The van der Waals surface area contributed by atoms with E-state index in [1.807, 2.05) is 35.2 Å². The zero-order chi connectivity index (χ0) is 21.6. The predicted molar refractivity (Wildman–Crippen MR) is 122 cm³/mol. The summed E-state index contributed by atoms with van der Waals surface area (Å²) >= 11 is 0. The highest BCUT2D eigenvalue weighted by Crippen LogP contribution is 2.27. The number of carbonyl (C=O) groups excluding carboxylic acids is 1. The van der Waals surface area contributed by atoms with E-state index in [0.717, 1.165) is 43.1 Å². The molecule has 162 valence electrons. The van der Waals surface area contributed by atoms with E-state index < -0.39 is 0 Å². The smallest absolute Gasteiger partial charge is 0.222 e. The summed E-state index contributed by atoms with van der Waals surface area (Å²) in [7, 11) is 0. The summed E-state index contributed by atoms with van der Waals surface area (Å²) in [5, 5.41) is 7.59. The number of aromatic amines is 1. The number of benzene rings is 2. The Morgan fingerprint density at radius 2 is 1.94 bits per heavy atom. The van der Waals surface area contributed by atoms with E-state index >= 15 is 0 Å². The molecule has 1 N–H and O–H groups in total. The number of carbonyl (C=O) groups is 1. The van der Waals surface area contributed by atoms with E-state index in [9.17, 15) is 4.79 Å². The van der Waals surface area contributed by atoms with Gasteiger partial charge in [0.15, 0.2) is 0 Å². The van der Waals surface area contributed by atoms with Gasteiger partial charge in [0, 0.05) is 25.4 Å². The van der Waals surface area contributed by atoms with Crippen LogP contribution in [-0.2, 0) is 17.8 Å². The van der Waals surface area contributed by atoms with Gasteiger partial charge >= 0.3 is 0 Å². The molecule has 1 atom stereocenters. The summed E-state index contributed by atoms with van der Waals surface area (Å²) in [6.07, 6.45) is 2.31. The van der Waals surface area contributed by atoms with Crippen LogP contribution < -0.4 is 4.74 Å². The molecular weight excluding hydrogens is 386 g/mol. The van der Waals surface area contributed by atoms with Crippen LogP contribution in [0.15, 0.2) is 60.7 Å². The Kier molecular flexibility index (Phi) is 6.70. The lowest BCUT2D eigenvalue weighted by atomic mass is 10.0. The van der Waals surface area contributed by atoms with Crippen LogP contribution >= 0.6 is 0 Å². The molecule has 0 aliphatic carbocycles. The maximum atomic E-state index is 12.6. The van der Waals surface area contributed by atoms with Gasteiger partial charge in [-0.25, -0.2) is 0 Å². The topological polar surface area (TPSA) is 58.2 Å². The SMILES string of the molecule is CC(C)c1ccc(OCc2cc([C@@H]3CCN(C(=O)CCc4ccccc4)C3)n[nH]2)cc1. The van der Waals surface area contributed by atoms with E-state index in [-0.39, 0.29) is 11.8 Å². The molecule has 0 saturated carbocycles. The average Bonchev–Trinajstić information content (AvgIpc) is 3.47. The third-order valence-electron chi connectivity index (χ3n) is 6.02. The Hall–Kier alpha value is -3.08. The first-order valence-electron chi connectivity index (χ1n) is 11.2. The van der Waals surface area contributed by atoms with Crippen LogP contribution in [-0.4, -0.2) is 34.1 Å². The molecule has 0 spiro atoms. The lowest BCUT2D eigenvalue weighted by molar-refractivity contribution is -0.130. The number of nitrogens with zero attached hydrogens (tertiary/aromatic N) is 2. The fourth-order valence-electron chi connectivity index (χ4n) is 4.05. The van der Waals surface area contributed by atoms with Crippen molar-refractivity contribution in [1.29, 1.82) is 0 Å². The first-order valence-corrected chi connectivity index (χ1v) is 11.2. The maximum Gasteiger partial charge on any atom is 0.222 e. The fourth-order valence-corrected chi connectivity index (χ4v) is 4.05. The van der Waals surface area contributed by atoms with Crippen molar-refractivity contribution in [2.75, 3.05) is 13.1 Å². The molecule has 1 amide bonds. The molecule has 1 aliphatic heterocycles. The molecule has 5 nitrogen and oxygen atoms in total. The van der Waals surface area contributed by atoms with Crippen LogP contribution in [0.3, 0.4) is 0 Å². The molecule has 0 unspecified atom stereocenters. The van der Waals surface area contributed by atoms with Gasteiger partial charge in [0.2, 0.25) is 5.91 Å². The van der Waals surface area contributed by atoms with E-state index in [4.69, 9.17) is 4.74 Å². The Bertz CT molecular complexity index is 979. The number of aromatic nitrogens is 2. The molecular formula is C26H31N3O2. The molecule has 3 aromatic rings. The number of likely N-dealkylation sites (tertiary alicyclic amines) is 1. The second-order valence-corrected chi connectivity index (χ2v) is 8.64. The minimum Gasteiger partial charge on any atom is -0.487 e. The highest BCUT2D eigenvalue weighted by Gasteiger charge is 2.28. The summed E-state index contributed by atoms with van der Waals surface area (Å²) in [5.41, 5.74) is 4.49. The Balaban J connectivity index is 1.26. The summed E-state index contributed by atoms with van der Waals surface area (Å²) in [6, 6.07) is 20.5. The lowest BCUT2D eigenvalue weighted by Gasteiger charge is -2.16. The lowest BCUT2D eigenvalue weighted by Crippen LogP contribution is -2.28. The zero-order valence-electron chi connectivity index (χ0n) is 18.4. The summed E-state index contributed by atoms with van der Waals surface area (Å²) in [4.78, 5) is 14.6. The van der Waals surface area contributed by atoms with Gasteiger partial charge in [-0.2, -0.15) is 5.10 Å². The van der Waals surface area contributed by atoms with E-state index in [1.165, 1.54) is 11.1 Å². The largest absolute Gasteiger partial charge is 0.487 e. The van der Waals surface area contributed by atoms with Crippen molar-refractivity contribution in [3.63, 3.8) is 0 Å². The minimum absolute atomic E-state index is 0.232. The number of hydrogen-bond donors (Lipinski definition) is 1. The second-order valence-electron chi connectivity index (χ2n) is 8.64. The van der Waals surface area contributed by atoms with Crippen molar-refractivity contribution in [2.24, 2.45) is 0 Å². The molecule has 1 aliphatic rings. The van der Waals surface area contributed by atoms with Crippen LogP contribution in [0.25, 0.3) is 0 Å². The number of amides is 1. The highest BCUT2D eigenvalue weighted by molar-refractivity contribution is 5.76. The van der Waals surface area contributed by atoms with Crippen molar-refractivity contribution >= 4 is 5.91 Å². The normalized spacial score (nSPS) is 16.1. The number of nitrogens with one attached hydrogen (secondary N) is 1. The van der Waals surface area contributed by atoms with Gasteiger partial charge in [0.05, 0.1) is 11.4 Å². The molecule has 1 saturated heterocycles. The third-order valence-corrected chi connectivity index (χ3v) is 6.02. The predicted octanol–water partition coefficient (Wildman–Crippen LogP) is 5.06. The van der Waals surface area contributed by atoms with Gasteiger partial charge in [-0.05, 0) is 48.1 Å². The number of H-pyrrole nitrogens is 1.